The zero-order valence-corrected chi connectivity index (χ0v) is 33.0. The third-order valence-electron chi connectivity index (χ3n) is 12.3. The lowest BCUT2D eigenvalue weighted by Crippen LogP contribution is -2.16. The van der Waals surface area contributed by atoms with Gasteiger partial charge in [-0.05, 0) is 95.4 Å². The minimum atomic E-state index is -0.0993. The number of aromatic nitrogens is 2. The van der Waals surface area contributed by atoms with Crippen molar-refractivity contribution in [2.75, 3.05) is 0 Å². The van der Waals surface area contributed by atoms with E-state index in [1.807, 2.05) is 6.07 Å². The van der Waals surface area contributed by atoms with Gasteiger partial charge in [0, 0.05) is 22.1 Å². The molecule has 278 valence electrons. The van der Waals surface area contributed by atoms with Crippen molar-refractivity contribution in [3.63, 3.8) is 0 Å². The predicted octanol–water partition coefficient (Wildman–Crippen LogP) is 15.1. The normalized spacial score (nSPS) is 12.7. The molecule has 0 unspecified atom stereocenters. The molecule has 0 saturated heterocycles. The first-order chi connectivity index (χ1) is 29.0. The van der Waals surface area contributed by atoms with Crippen LogP contribution in [0.2, 0.25) is 0 Å². The van der Waals surface area contributed by atoms with E-state index in [1.165, 1.54) is 60.7 Å². The minimum absolute atomic E-state index is 0.0993. The second-order valence-electron chi connectivity index (χ2n) is 16.1. The van der Waals surface area contributed by atoms with Gasteiger partial charge in [0.25, 0.3) is 0 Å². The molecule has 0 bridgehead atoms. The van der Waals surface area contributed by atoms with E-state index in [9.17, 15) is 0 Å². The topological polar surface area (TPSA) is 25.8 Å². The van der Waals surface area contributed by atoms with Crippen LogP contribution < -0.4 is 0 Å². The van der Waals surface area contributed by atoms with Gasteiger partial charge in [-0.3, -0.25) is 0 Å². The van der Waals surface area contributed by atoms with Gasteiger partial charge in [0.15, 0.2) is 5.82 Å². The molecular weight excluding hydrogens is 713 g/mol. The molecule has 0 radical (unpaired) electrons. The molecule has 0 aliphatic heterocycles. The smallest absolute Gasteiger partial charge is 0.160 e. The molecule has 0 atom stereocenters. The summed E-state index contributed by atoms with van der Waals surface area (Å²) in [5.74, 6) is 0.702. The molecule has 1 heterocycles. The molecule has 1 aliphatic rings. The fraction of sp³-hybridized carbons (Fsp3) is 0.0526. The lowest BCUT2D eigenvalue weighted by Gasteiger charge is -2.24. The van der Waals surface area contributed by atoms with Crippen molar-refractivity contribution < 1.29 is 0 Å². The third kappa shape index (κ3) is 5.87. The molecular formula is C57H40N2. The van der Waals surface area contributed by atoms with Crippen molar-refractivity contribution in [1.29, 1.82) is 0 Å². The summed E-state index contributed by atoms with van der Waals surface area (Å²) in [4.78, 5) is 10.6. The number of hydrogen-bond acceptors (Lipinski definition) is 2. The molecule has 1 aromatic heterocycles. The Kier molecular flexibility index (Phi) is 8.20. The van der Waals surface area contributed by atoms with Crippen LogP contribution in [0.1, 0.15) is 25.0 Å². The summed E-state index contributed by atoms with van der Waals surface area (Å²) in [5.41, 5.74) is 17.5. The molecule has 0 N–H and O–H groups in total. The van der Waals surface area contributed by atoms with Crippen LogP contribution in [0.5, 0.6) is 0 Å². The fourth-order valence-corrected chi connectivity index (χ4v) is 9.47. The Morgan fingerprint density at radius 2 is 0.864 bits per heavy atom. The van der Waals surface area contributed by atoms with E-state index in [-0.39, 0.29) is 5.41 Å². The highest BCUT2D eigenvalue weighted by Crippen LogP contribution is 2.52. The van der Waals surface area contributed by atoms with Crippen LogP contribution in [0.25, 0.3) is 100.0 Å². The third-order valence-corrected chi connectivity index (χ3v) is 12.3. The van der Waals surface area contributed by atoms with Gasteiger partial charge in [-0.2, -0.15) is 0 Å². The molecule has 11 rings (SSSR count). The maximum atomic E-state index is 5.30. The minimum Gasteiger partial charge on any atom is -0.228 e. The van der Waals surface area contributed by atoms with Gasteiger partial charge in [-0.1, -0.05) is 202 Å². The number of nitrogens with zero attached hydrogens (tertiary/aromatic N) is 2. The highest BCUT2D eigenvalue weighted by Gasteiger charge is 2.37. The van der Waals surface area contributed by atoms with Crippen LogP contribution in [0, 0.1) is 0 Å². The van der Waals surface area contributed by atoms with Crippen molar-refractivity contribution in [3.8, 4) is 78.4 Å². The quantitative estimate of drug-likeness (QED) is 0.169. The zero-order valence-electron chi connectivity index (χ0n) is 33.0. The average Bonchev–Trinajstić information content (AvgIpc) is 3.54. The van der Waals surface area contributed by atoms with E-state index in [0.29, 0.717) is 5.82 Å². The monoisotopic (exact) mass is 752 g/mol. The Morgan fingerprint density at radius 3 is 1.68 bits per heavy atom. The number of benzene rings is 9. The van der Waals surface area contributed by atoms with E-state index < -0.39 is 0 Å². The lowest BCUT2D eigenvalue weighted by molar-refractivity contribution is 0.662. The van der Waals surface area contributed by atoms with E-state index in [1.54, 1.807) is 0 Å². The molecule has 0 spiro atoms. The van der Waals surface area contributed by atoms with Crippen LogP contribution in [0.15, 0.2) is 206 Å². The van der Waals surface area contributed by atoms with Gasteiger partial charge in [0.1, 0.15) is 0 Å². The van der Waals surface area contributed by atoms with Crippen LogP contribution in [-0.4, -0.2) is 9.97 Å². The average molecular weight is 753 g/mol. The Labute approximate surface area is 345 Å². The summed E-state index contributed by atoms with van der Waals surface area (Å²) in [5, 5.41) is 4.78. The summed E-state index contributed by atoms with van der Waals surface area (Å²) < 4.78 is 0. The molecule has 2 nitrogen and oxygen atoms in total. The highest BCUT2D eigenvalue weighted by atomic mass is 14.9. The number of fused-ring (bicyclic) bond motifs is 5. The van der Waals surface area contributed by atoms with Gasteiger partial charge >= 0.3 is 0 Å². The van der Waals surface area contributed by atoms with Crippen molar-refractivity contribution in [3.05, 3.63) is 217 Å². The Morgan fingerprint density at radius 1 is 0.322 bits per heavy atom. The molecule has 1 aliphatic carbocycles. The molecule has 0 amide bonds. The van der Waals surface area contributed by atoms with Gasteiger partial charge in [-0.25, -0.2) is 9.97 Å². The van der Waals surface area contributed by atoms with Crippen LogP contribution >= 0.6 is 0 Å². The second-order valence-corrected chi connectivity index (χ2v) is 16.1. The van der Waals surface area contributed by atoms with Crippen LogP contribution in [0.3, 0.4) is 0 Å². The molecule has 9 aromatic carbocycles. The molecule has 59 heavy (non-hydrogen) atoms. The molecule has 0 fully saturated rings. The van der Waals surface area contributed by atoms with Crippen molar-refractivity contribution >= 4 is 21.5 Å². The molecule has 0 saturated carbocycles. The first-order valence-corrected chi connectivity index (χ1v) is 20.4. The summed E-state index contributed by atoms with van der Waals surface area (Å²) >= 11 is 0. The lowest BCUT2D eigenvalue weighted by atomic mass is 9.78. The van der Waals surface area contributed by atoms with E-state index >= 15 is 0 Å². The summed E-state index contributed by atoms with van der Waals surface area (Å²) in [6.07, 6.45) is 0. The van der Waals surface area contributed by atoms with Crippen LogP contribution in [0.4, 0.5) is 0 Å². The van der Waals surface area contributed by atoms with Gasteiger partial charge in [-0.15, -0.1) is 0 Å². The zero-order chi connectivity index (χ0) is 39.5. The summed E-state index contributed by atoms with van der Waals surface area (Å²) in [6.45, 7) is 4.72. The SMILES string of the molecule is CC1(C)c2ccccc2-c2cccc(-c3cccc(-c4ccc(-c5cc(-c6ccccc6-c6ccc7ccccc7c6)nc(-c6ccccc6)n5)c5ccccc45)c3)c21. The molecule has 10 aromatic rings. The van der Waals surface area contributed by atoms with Gasteiger partial charge < -0.3 is 0 Å². The van der Waals surface area contributed by atoms with Crippen molar-refractivity contribution in [2.24, 2.45) is 0 Å². The maximum Gasteiger partial charge on any atom is 0.160 e. The fourth-order valence-electron chi connectivity index (χ4n) is 9.47. The van der Waals surface area contributed by atoms with Crippen molar-refractivity contribution in [1.82, 2.24) is 9.97 Å². The Bertz CT molecular complexity index is 3250. The van der Waals surface area contributed by atoms with E-state index in [0.717, 1.165) is 44.6 Å². The number of rotatable bonds is 6. The first-order valence-electron chi connectivity index (χ1n) is 20.4. The predicted molar refractivity (Wildman–Crippen MR) is 247 cm³/mol. The summed E-state index contributed by atoms with van der Waals surface area (Å²) in [7, 11) is 0. The standard InChI is InChI=1S/C57H40N2/c1-57(2)52-29-13-12-25-48(52)51-28-15-27-45(55(51)57)41-21-14-20-40(35-41)44-32-33-50(47-24-10-9-23-46(44)47)54-36-53(58-56(59-54)38-17-4-3-5-18-38)49-26-11-8-22-43(49)42-31-30-37-16-6-7-19-39(37)34-42/h3-36H,1-2H3. The van der Waals surface area contributed by atoms with E-state index in [4.69, 9.17) is 9.97 Å². The molecule has 2 heteroatoms. The van der Waals surface area contributed by atoms with Gasteiger partial charge in [0.2, 0.25) is 0 Å². The Balaban J connectivity index is 1.05. The van der Waals surface area contributed by atoms with Crippen LogP contribution in [-0.2, 0) is 5.41 Å². The Hall–Kier alpha value is -7.42. The largest absolute Gasteiger partial charge is 0.228 e. The highest BCUT2D eigenvalue weighted by molar-refractivity contribution is 6.05. The van der Waals surface area contributed by atoms with Gasteiger partial charge in [0.05, 0.1) is 11.4 Å². The first kappa shape index (κ1) is 34.8. The number of hydrogen-bond donors (Lipinski definition) is 0. The second kappa shape index (κ2) is 13.9. The van der Waals surface area contributed by atoms with E-state index in [2.05, 4.69) is 214 Å². The van der Waals surface area contributed by atoms with Crippen molar-refractivity contribution in [2.45, 2.75) is 19.3 Å². The maximum absolute atomic E-state index is 5.30. The summed E-state index contributed by atoms with van der Waals surface area (Å²) in [6, 6.07) is 74.3.